The van der Waals surface area contributed by atoms with Crippen molar-refractivity contribution in [2.45, 2.75) is 6.61 Å². The first-order chi connectivity index (χ1) is 14.3. The number of rotatable bonds is 8. The quantitative estimate of drug-likeness (QED) is 0.433. The molecule has 5 nitrogen and oxygen atoms in total. The standard InChI is InChI=1S/C23H20N2O3S/c26-23(18-6-8-21(9-7-18)28-14-20-15-29-16-25-20)24-11-12-27-22-10-5-17-3-1-2-4-19(17)13-22/h1-10,13,15-16H,11-12,14H2,(H,24,26). The summed E-state index contributed by atoms with van der Waals surface area (Å²) in [7, 11) is 0. The Kier molecular flexibility index (Phi) is 6.02. The number of hydrogen-bond acceptors (Lipinski definition) is 5. The molecule has 1 N–H and O–H groups in total. The molecule has 1 amide bonds. The number of carbonyl (C=O) groups excluding carboxylic acids is 1. The van der Waals surface area contributed by atoms with Crippen molar-refractivity contribution in [3.63, 3.8) is 0 Å². The van der Waals surface area contributed by atoms with Gasteiger partial charge >= 0.3 is 0 Å². The zero-order valence-electron chi connectivity index (χ0n) is 15.7. The molecule has 0 saturated heterocycles. The third kappa shape index (κ3) is 5.12. The average Bonchev–Trinajstić information content (AvgIpc) is 3.29. The van der Waals surface area contributed by atoms with E-state index in [0.29, 0.717) is 31.1 Å². The molecule has 3 aromatic carbocycles. The first-order valence-corrected chi connectivity index (χ1v) is 10.2. The van der Waals surface area contributed by atoms with Gasteiger partial charge in [-0.1, -0.05) is 30.3 Å². The van der Waals surface area contributed by atoms with E-state index in [1.54, 1.807) is 29.8 Å². The van der Waals surface area contributed by atoms with Gasteiger partial charge in [-0.15, -0.1) is 11.3 Å². The molecule has 4 rings (SSSR count). The Hall–Kier alpha value is -3.38. The van der Waals surface area contributed by atoms with E-state index in [2.05, 4.69) is 16.4 Å². The summed E-state index contributed by atoms with van der Waals surface area (Å²) in [4.78, 5) is 16.4. The second-order valence-corrected chi connectivity index (χ2v) is 7.12. The first kappa shape index (κ1) is 19.0. The van der Waals surface area contributed by atoms with Gasteiger partial charge in [0.1, 0.15) is 24.7 Å². The van der Waals surface area contributed by atoms with Crippen molar-refractivity contribution in [3.8, 4) is 11.5 Å². The molecule has 0 radical (unpaired) electrons. The van der Waals surface area contributed by atoms with Crippen LogP contribution in [0.1, 0.15) is 16.1 Å². The van der Waals surface area contributed by atoms with Crippen molar-refractivity contribution >= 4 is 28.0 Å². The highest BCUT2D eigenvalue weighted by Gasteiger charge is 2.06. The Morgan fingerprint density at radius 1 is 0.931 bits per heavy atom. The van der Waals surface area contributed by atoms with Gasteiger partial charge in [0.2, 0.25) is 0 Å². The highest BCUT2D eigenvalue weighted by atomic mass is 32.1. The lowest BCUT2D eigenvalue weighted by atomic mass is 10.1. The van der Waals surface area contributed by atoms with Crippen LogP contribution < -0.4 is 14.8 Å². The molecule has 0 fully saturated rings. The van der Waals surface area contributed by atoms with Crippen LogP contribution in [0.25, 0.3) is 10.8 Å². The van der Waals surface area contributed by atoms with Gasteiger partial charge in [-0.05, 0) is 47.2 Å². The number of thiazole rings is 1. The summed E-state index contributed by atoms with van der Waals surface area (Å²) in [6.45, 7) is 1.24. The Labute approximate surface area is 172 Å². The summed E-state index contributed by atoms with van der Waals surface area (Å²) >= 11 is 1.54. The fourth-order valence-corrected chi connectivity index (χ4v) is 3.40. The van der Waals surface area contributed by atoms with Gasteiger partial charge < -0.3 is 14.8 Å². The van der Waals surface area contributed by atoms with Crippen molar-refractivity contribution < 1.29 is 14.3 Å². The predicted octanol–water partition coefficient (Wildman–Crippen LogP) is 4.68. The summed E-state index contributed by atoms with van der Waals surface area (Å²) in [5, 5.41) is 7.12. The Morgan fingerprint density at radius 2 is 1.72 bits per heavy atom. The maximum Gasteiger partial charge on any atom is 0.251 e. The Balaban J connectivity index is 1.22. The highest BCUT2D eigenvalue weighted by molar-refractivity contribution is 7.07. The van der Waals surface area contributed by atoms with Crippen LogP contribution in [0, 0.1) is 0 Å². The number of fused-ring (bicyclic) bond motifs is 1. The van der Waals surface area contributed by atoms with Crippen molar-refractivity contribution in [2.75, 3.05) is 13.2 Å². The number of nitrogens with one attached hydrogen (secondary N) is 1. The lowest BCUT2D eigenvalue weighted by molar-refractivity contribution is 0.0947. The topological polar surface area (TPSA) is 60.5 Å². The van der Waals surface area contributed by atoms with Crippen LogP contribution in [0.3, 0.4) is 0 Å². The third-order valence-corrected chi connectivity index (χ3v) is 5.00. The van der Waals surface area contributed by atoms with Crippen molar-refractivity contribution in [3.05, 3.63) is 88.9 Å². The molecule has 0 aliphatic rings. The van der Waals surface area contributed by atoms with Gasteiger partial charge in [0.15, 0.2) is 0 Å². The zero-order valence-corrected chi connectivity index (χ0v) is 16.5. The van der Waals surface area contributed by atoms with Crippen LogP contribution >= 0.6 is 11.3 Å². The van der Waals surface area contributed by atoms with Crippen LogP contribution in [0.2, 0.25) is 0 Å². The maximum atomic E-state index is 12.3. The molecule has 1 heterocycles. The van der Waals surface area contributed by atoms with Crippen molar-refractivity contribution in [1.82, 2.24) is 10.3 Å². The lowest BCUT2D eigenvalue weighted by Crippen LogP contribution is -2.28. The van der Waals surface area contributed by atoms with E-state index in [1.807, 2.05) is 41.8 Å². The fraction of sp³-hybridized carbons (Fsp3) is 0.130. The molecule has 0 unspecified atom stereocenters. The molecular weight excluding hydrogens is 384 g/mol. The monoisotopic (exact) mass is 404 g/mol. The molecule has 146 valence electrons. The fourth-order valence-electron chi connectivity index (χ4n) is 2.86. The summed E-state index contributed by atoms with van der Waals surface area (Å²) in [5.41, 5.74) is 3.25. The normalized spacial score (nSPS) is 10.6. The molecule has 0 atom stereocenters. The van der Waals surface area contributed by atoms with Crippen LogP contribution in [0.15, 0.2) is 77.6 Å². The van der Waals surface area contributed by atoms with E-state index < -0.39 is 0 Å². The van der Waals surface area contributed by atoms with Crippen molar-refractivity contribution in [2.24, 2.45) is 0 Å². The molecule has 0 saturated carbocycles. The first-order valence-electron chi connectivity index (χ1n) is 9.28. The van der Waals surface area contributed by atoms with E-state index >= 15 is 0 Å². The average molecular weight is 404 g/mol. The van der Waals surface area contributed by atoms with E-state index in [4.69, 9.17) is 9.47 Å². The summed E-state index contributed by atoms with van der Waals surface area (Å²) < 4.78 is 11.4. The van der Waals surface area contributed by atoms with Gasteiger partial charge in [0.25, 0.3) is 5.91 Å². The third-order valence-electron chi connectivity index (χ3n) is 4.36. The minimum absolute atomic E-state index is 0.141. The summed E-state index contributed by atoms with van der Waals surface area (Å²) in [5.74, 6) is 1.35. The van der Waals surface area contributed by atoms with Crippen molar-refractivity contribution in [1.29, 1.82) is 0 Å². The second-order valence-electron chi connectivity index (χ2n) is 6.41. The van der Waals surface area contributed by atoms with E-state index in [9.17, 15) is 4.79 Å². The van der Waals surface area contributed by atoms with E-state index in [-0.39, 0.29) is 5.91 Å². The SMILES string of the molecule is O=C(NCCOc1ccc2ccccc2c1)c1ccc(OCc2cscn2)cc1. The van der Waals surface area contributed by atoms with E-state index in [1.165, 1.54) is 16.7 Å². The number of hydrogen-bond donors (Lipinski definition) is 1. The Bertz CT molecular complexity index is 1080. The molecule has 0 aliphatic heterocycles. The molecular formula is C23H20N2O3S. The summed E-state index contributed by atoms with van der Waals surface area (Å²) in [6, 6.07) is 21.2. The van der Waals surface area contributed by atoms with Gasteiger partial charge in [-0.25, -0.2) is 4.98 Å². The Morgan fingerprint density at radius 3 is 2.52 bits per heavy atom. The number of carbonyl (C=O) groups is 1. The van der Waals surface area contributed by atoms with Gasteiger partial charge in [0, 0.05) is 10.9 Å². The van der Waals surface area contributed by atoms with Gasteiger partial charge in [-0.2, -0.15) is 0 Å². The predicted molar refractivity (Wildman–Crippen MR) is 115 cm³/mol. The van der Waals surface area contributed by atoms with E-state index in [0.717, 1.165) is 16.8 Å². The van der Waals surface area contributed by atoms with Gasteiger partial charge in [-0.3, -0.25) is 4.79 Å². The minimum Gasteiger partial charge on any atom is -0.492 e. The molecule has 4 aromatic rings. The zero-order chi connectivity index (χ0) is 19.9. The number of nitrogens with zero attached hydrogens (tertiary/aromatic N) is 1. The summed E-state index contributed by atoms with van der Waals surface area (Å²) in [6.07, 6.45) is 0. The molecule has 29 heavy (non-hydrogen) atoms. The molecule has 1 aromatic heterocycles. The molecule has 0 bridgehead atoms. The number of ether oxygens (including phenoxy) is 2. The molecule has 6 heteroatoms. The van der Waals surface area contributed by atoms with Gasteiger partial charge in [0.05, 0.1) is 17.7 Å². The number of aromatic nitrogens is 1. The minimum atomic E-state index is -0.141. The second kappa shape index (κ2) is 9.21. The smallest absolute Gasteiger partial charge is 0.251 e. The molecule has 0 spiro atoms. The van der Waals surface area contributed by atoms with Crippen LogP contribution in [-0.4, -0.2) is 24.0 Å². The number of benzene rings is 3. The van der Waals surface area contributed by atoms with Crippen LogP contribution in [-0.2, 0) is 6.61 Å². The lowest BCUT2D eigenvalue weighted by Gasteiger charge is -2.09. The number of amides is 1. The highest BCUT2D eigenvalue weighted by Crippen LogP contribution is 2.20. The maximum absolute atomic E-state index is 12.3. The van der Waals surface area contributed by atoms with Crippen LogP contribution in [0.5, 0.6) is 11.5 Å². The molecule has 0 aliphatic carbocycles. The largest absolute Gasteiger partial charge is 0.492 e. The van der Waals surface area contributed by atoms with Crippen LogP contribution in [0.4, 0.5) is 0 Å².